The fourth-order valence-corrected chi connectivity index (χ4v) is 3.41. The van der Waals surface area contributed by atoms with Gasteiger partial charge in [-0.3, -0.25) is 20.2 Å². The second-order valence-electron chi connectivity index (χ2n) is 6.74. The highest BCUT2D eigenvalue weighted by Gasteiger charge is 2.13. The van der Waals surface area contributed by atoms with Gasteiger partial charge in [0.05, 0.1) is 17.2 Å². The topological polar surface area (TPSA) is 118 Å². The molecule has 0 saturated heterocycles. The van der Waals surface area contributed by atoms with Crippen molar-refractivity contribution < 1.29 is 14.5 Å². The van der Waals surface area contributed by atoms with E-state index in [-0.39, 0.29) is 11.3 Å². The van der Waals surface area contributed by atoms with Crippen molar-refractivity contribution in [1.82, 2.24) is 4.98 Å². The summed E-state index contributed by atoms with van der Waals surface area (Å²) in [6.45, 7) is 2.74. The Morgan fingerprint density at radius 3 is 2.59 bits per heavy atom. The largest absolute Gasteiger partial charge is 0.494 e. The van der Waals surface area contributed by atoms with Gasteiger partial charge >= 0.3 is 0 Å². The summed E-state index contributed by atoms with van der Waals surface area (Å²) < 4.78 is 5.61. The normalized spacial score (nSPS) is 10.9. The number of nitrogens with one attached hydrogen (secondary N) is 1. The number of unbranched alkanes of at least 4 members (excludes halogenated alkanes) is 1. The number of hydrogen-bond donors (Lipinski definition) is 1. The maximum absolute atomic E-state index is 12.5. The molecule has 3 aromatic rings. The van der Waals surface area contributed by atoms with Crippen LogP contribution in [0.3, 0.4) is 0 Å². The first kappa shape index (κ1) is 22.7. The van der Waals surface area contributed by atoms with Crippen molar-refractivity contribution >= 4 is 34.1 Å². The molecule has 1 heterocycles. The van der Waals surface area contributed by atoms with Crippen molar-refractivity contribution in [2.24, 2.45) is 0 Å². The van der Waals surface area contributed by atoms with Gasteiger partial charge in [-0.2, -0.15) is 5.26 Å². The van der Waals surface area contributed by atoms with Crippen LogP contribution in [-0.2, 0) is 4.79 Å². The number of nitro benzene ring substituents is 1. The lowest BCUT2D eigenvalue weighted by molar-refractivity contribution is -0.384. The first-order chi connectivity index (χ1) is 15.5. The molecule has 0 radical (unpaired) electrons. The van der Waals surface area contributed by atoms with Gasteiger partial charge in [0.15, 0.2) is 5.13 Å². The monoisotopic (exact) mass is 448 g/mol. The fourth-order valence-electron chi connectivity index (χ4n) is 2.69. The van der Waals surface area contributed by atoms with E-state index in [0.29, 0.717) is 28.6 Å². The van der Waals surface area contributed by atoms with Gasteiger partial charge in [0.25, 0.3) is 11.6 Å². The van der Waals surface area contributed by atoms with E-state index in [1.165, 1.54) is 29.5 Å². The van der Waals surface area contributed by atoms with Gasteiger partial charge in [0.2, 0.25) is 0 Å². The summed E-state index contributed by atoms with van der Waals surface area (Å²) in [4.78, 5) is 27.2. The Labute approximate surface area is 189 Å². The highest BCUT2D eigenvalue weighted by molar-refractivity contribution is 7.14. The molecule has 1 N–H and O–H groups in total. The van der Waals surface area contributed by atoms with Crippen LogP contribution in [-0.4, -0.2) is 22.4 Å². The number of nitro groups is 1. The van der Waals surface area contributed by atoms with Crippen molar-refractivity contribution in [2.45, 2.75) is 19.8 Å². The molecule has 3 rings (SSSR count). The molecule has 8 nitrogen and oxygen atoms in total. The number of anilines is 1. The zero-order valence-electron chi connectivity index (χ0n) is 17.3. The number of nitrogens with zero attached hydrogens (tertiary/aromatic N) is 3. The van der Waals surface area contributed by atoms with Crippen LogP contribution in [0.1, 0.15) is 25.3 Å². The lowest BCUT2D eigenvalue weighted by Crippen LogP contribution is -2.13. The minimum absolute atomic E-state index is 0.0122. The smallest absolute Gasteiger partial charge is 0.269 e. The molecule has 0 aliphatic rings. The molecule has 0 saturated carbocycles. The number of thiazole rings is 1. The predicted molar refractivity (Wildman–Crippen MR) is 123 cm³/mol. The van der Waals surface area contributed by atoms with Gasteiger partial charge < -0.3 is 4.74 Å². The van der Waals surface area contributed by atoms with Crippen molar-refractivity contribution in [3.63, 3.8) is 0 Å². The third-order valence-corrected chi connectivity index (χ3v) is 5.18. The van der Waals surface area contributed by atoms with Gasteiger partial charge in [0, 0.05) is 23.1 Å². The van der Waals surface area contributed by atoms with Gasteiger partial charge in [-0.05, 0) is 42.3 Å². The molecule has 1 amide bonds. The maximum atomic E-state index is 12.5. The van der Waals surface area contributed by atoms with Crippen LogP contribution in [0.2, 0.25) is 0 Å². The van der Waals surface area contributed by atoms with E-state index in [2.05, 4.69) is 17.2 Å². The summed E-state index contributed by atoms with van der Waals surface area (Å²) in [7, 11) is 0. The van der Waals surface area contributed by atoms with E-state index in [0.717, 1.165) is 18.6 Å². The van der Waals surface area contributed by atoms with E-state index in [4.69, 9.17) is 4.74 Å². The first-order valence-electron chi connectivity index (χ1n) is 9.86. The van der Waals surface area contributed by atoms with E-state index in [1.54, 1.807) is 41.8 Å². The second kappa shape index (κ2) is 10.8. The summed E-state index contributed by atoms with van der Waals surface area (Å²) in [6, 6.07) is 15.0. The Hall–Kier alpha value is -4.03. The number of nitriles is 1. The van der Waals surface area contributed by atoms with E-state index >= 15 is 0 Å². The summed E-state index contributed by atoms with van der Waals surface area (Å²) in [5.41, 5.74) is 1.88. The summed E-state index contributed by atoms with van der Waals surface area (Å²) >= 11 is 1.20. The average molecular weight is 449 g/mol. The fraction of sp³-hybridized carbons (Fsp3) is 0.174. The molecule has 9 heteroatoms. The SMILES string of the molecule is CCCCOc1ccc(/C=C(\C#N)C(=O)Nc2nc(-c3ccc([N+](=O)[O-])cc3)cs2)cc1. The van der Waals surface area contributed by atoms with Crippen molar-refractivity contribution in [3.05, 3.63) is 75.2 Å². The molecule has 0 spiro atoms. The standard InChI is InChI=1S/C23H20N4O4S/c1-2-3-12-31-20-10-4-16(5-11-20)13-18(14-24)22(28)26-23-25-21(15-32-23)17-6-8-19(9-7-17)27(29)30/h4-11,13,15H,2-3,12H2,1H3,(H,25,26,28)/b18-13+. The number of hydrogen-bond acceptors (Lipinski definition) is 7. The van der Waals surface area contributed by atoms with Gasteiger partial charge in [0.1, 0.15) is 17.4 Å². The highest BCUT2D eigenvalue weighted by Crippen LogP contribution is 2.27. The van der Waals surface area contributed by atoms with Crippen LogP contribution < -0.4 is 10.1 Å². The summed E-state index contributed by atoms with van der Waals surface area (Å²) in [5, 5.41) is 24.9. The lowest BCUT2D eigenvalue weighted by Gasteiger charge is -2.05. The maximum Gasteiger partial charge on any atom is 0.269 e. The van der Waals surface area contributed by atoms with Crippen LogP contribution in [0.4, 0.5) is 10.8 Å². The average Bonchev–Trinajstić information content (AvgIpc) is 3.27. The van der Waals surface area contributed by atoms with Gasteiger partial charge in [-0.1, -0.05) is 25.5 Å². The molecule has 0 bridgehead atoms. The number of rotatable bonds is 9. The number of benzene rings is 2. The van der Waals surface area contributed by atoms with Gasteiger partial charge in [-0.15, -0.1) is 11.3 Å². The van der Waals surface area contributed by atoms with Crippen LogP contribution in [0.25, 0.3) is 17.3 Å². The third-order valence-electron chi connectivity index (χ3n) is 4.42. The van der Waals surface area contributed by atoms with E-state index < -0.39 is 10.8 Å². The molecule has 0 aliphatic carbocycles. The third kappa shape index (κ3) is 6.00. The Kier molecular flexibility index (Phi) is 7.67. The summed E-state index contributed by atoms with van der Waals surface area (Å²) in [5.74, 6) is 0.167. The predicted octanol–water partition coefficient (Wildman–Crippen LogP) is 5.44. The molecular weight excluding hydrogens is 428 g/mol. The zero-order chi connectivity index (χ0) is 22.9. The highest BCUT2D eigenvalue weighted by atomic mass is 32.1. The number of aromatic nitrogens is 1. The molecule has 32 heavy (non-hydrogen) atoms. The van der Waals surface area contributed by atoms with Gasteiger partial charge in [-0.25, -0.2) is 4.98 Å². The number of carbonyl (C=O) groups excluding carboxylic acids is 1. The Morgan fingerprint density at radius 2 is 1.97 bits per heavy atom. The van der Waals surface area contributed by atoms with Crippen LogP contribution >= 0.6 is 11.3 Å². The first-order valence-corrected chi connectivity index (χ1v) is 10.7. The minimum atomic E-state index is -0.569. The van der Waals surface area contributed by atoms with E-state index in [1.807, 2.05) is 6.07 Å². The van der Waals surface area contributed by atoms with Crippen molar-refractivity contribution in [2.75, 3.05) is 11.9 Å². The minimum Gasteiger partial charge on any atom is -0.494 e. The molecule has 0 atom stereocenters. The Bertz CT molecular complexity index is 1160. The van der Waals surface area contributed by atoms with Crippen LogP contribution in [0.15, 0.2) is 59.5 Å². The number of carbonyl (C=O) groups is 1. The molecule has 1 aromatic heterocycles. The lowest BCUT2D eigenvalue weighted by atomic mass is 10.1. The Morgan fingerprint density at radius 1 is 1.25 bits per heavy atom. The molecule has 0 unspecified atom stereocenters. The molecule has 0 fully saturated rings. The molecule has 0 aliphatic heterocycles. The number of amides is 1. The van der Waals surface area contributed by atoms with Crippen LogP contribution in [0, 0.1) is 21.4 Å². The van der Waals surface area contributed by atoms with Crippen LogP contribution in [0.5, 0.6) is 5.75 Å². The van der Waals surface area contributed by atoms with E-state index in [9.17, 15) is 20.2 Å². The second-order valence-corrected chi connectivity index (χ2v) is 7.59. The van der Waals surface area contributed by atoms with Crippen molar-refractivity contribution in [3.8, 4) is 23.1 Å². The molecule has 162 valence electrons. The molecule has 2 aromatic carbocycles. The quantitative estimate of drug-likeness (QED) is 0.153. The summed E-state index contributed by atoms with van der Waals surface area (Å²) in [6.07, 6.45) is 3.52. The zero-order valence-corrected chi connectivity index (χ0v) is 18.1. The number of non-ortho nitro benzene ring substituents is 1. The molecular formula is C23H20N4O4S. The Balaban J connectivity index is 1.66. The number of ether oxygens (including phenoxy) is 1. The van der Waals surface area contributed by atoms with Crippen molar-refractivity contribution in [1.29, 1.82) is 5.26 Å².